The number of nitrogens with zero attached hydrogens (tertiary/aromatic N) is 2. The van der Waals surface area contributed by atoms with Gasteiger partial charge in [0.2, 0.25) is 5.95 Å². The molecule has 0 radical (unpaired) electrons. The molecule has 0 aliphatic rings. The maximum atomic E-state index is 12.9. The van der Waals surface area contributed by atoms with Crippen LogP contribution in [0.3, 0.4) is 0 Å². The minimum Gasteiger partial charge on any atom is -0.495 e. The molecule has 0 saturated heterocycles. The summed E-state index contributed by atoms with van der Waals surface area (Å²) in [5.74, 6) is 0.344. The number of hydrogen-bond acceptors (Lipinski definition) is 5. The molecule has 1 aromatic heterocycles. The van der Waals surface area contributed by atoms with Crippen molar-refractivity contribution in [1.29, 1.82) is 0 Å². The molecule has 6 nitrogen and oxygen atoms in total. The molecule has 7 heteroatoms. The average Bonchev–Trinajstić information content (AvgIpc) is 2.68. The molecule has 138 valence electrons. The summed E-state index contributed by atoms with van der Waals surface area (Å²) in [4.78, 5) is 20.7. The summed E-state index contributed by atoms with van der Waals surface area (Å²) in [6.45, 7) is 2.38. The highest BCUT2D eigenvalue weighted by Gasteiger charge is 2.11. The number of ether oxygens (including phenoxy) is 1. The Morgan fingerprint density at radius 2 is 1.81 bits per heavy atom. The van der Waals surface area contributed by atoms with Crippen LogP contribution in [-0.4, -0.2) is 23.0 Å². The first-order valence-corrected chi connectivity index (χ1v) is 8.31. The summed E-state index contributed by atoms with van der Waals surface area (Å²) in [6.07, 6.45) is 2.88. The number of benzene rings is 2. The molecule has 0 bridgehead atoms. The standard InChI is InChI=1S/C20H19FN4O2/c1-13-3-8-18(27-2)17(9-13)25-19(26)15-11-23-20(24-12-15)22-10-14-4-6-16(21)7-5-14/h3-9,11-12H,10H2,1-2H3,(H,25,26)(H,22,23,24). The topological polar surface area (TPSA) is 76.1 Å². The van der Waals surface area contributed by atoms with Crippen molar-refractivity contribution in [3.05, 3.63) is 77.4 Å². The third-order valence-corrected chi connectivity index (χ3v) is 3.88. The van der Waals surface area contributed by atoms with Crippen molar-refractivity contribution < 1.29 is 13.9 Å². The third-order valence-electron chi connectivity index (χ3n) is 3.88. The lowest BCUT2D eigenvalue weighted by Crippen LogP contribution is -2.14. The van der Waals surface area contributed by atoms with Gasteiger partial charge < -0.3 is 15.4 Å². The minimum atomic E-state index is -0.330. The van der Waals surface area contributed by atoms with Crippen LogP contribution in [0.4, 0.5) is 16.0 Å². The van der Waals surface area contributed by atoms with Gasteiger partial charge in [0.25, 0.3) is 5.91 Å². The van der Waals surface area contributed by atoms with Gasteiger partial charge in [0.1, 0.15) is 11.6 Å². The van der Waals surface area contributed by atoms with Gasteiger partial charge in [0, 0.05) is 18.9 Å². The monoisotopic (exact) mass is 366 g/mol. The molecule has 0 fully saturated rings. The van der Waals surface area contributed by atoms with Crippen molar-refractivity contribution >= 4 is 17.5 Å². The summed E-state index contributed by atoms with van der Waals surface area (Å²) in [5, 5.41) is 5.83. The maximum absolute atomic E-state index is 12.9. The van der Waals surface area contributed by atoms with Crippen LogP contribution < -0.4 is 15.4 Å². The van der Waals surface area contributed by atoms with Gasteiger partial charge in [-0.25, -0.2) is 14.4 Å². The Kier molecular flexibility index (Phi) is 5.61. The molecule has 0 atom stereocenters. The Morgan fingerprint density at radius 1 is 1.11 bits per heavy atom. The van der Waals surface area contributed by atoms with E-state index in [1.807, 2.05) is 19.1 Å². The molecule has 3 aromatic rings. The van der Waals surface area contributed by atoms with Crippen LogP contribution in [-0.2, 0) is 6.54 Å². The first-order valence-electron chi connectivity index (χ1n) is 8.31. The van der Waals surface area contributed by atoms with Crippen LogP contribution in [0.2, 0.25) is 0 Å². The highest BCUT2D eigenvalue weighted by molar-refractivity contribution is 6.04. The van der Waals surface area contributed by atoms with Crippen molar-refractivity contribution in [2.45, 2.75) is 13.5 Å². The van der Waals surface area contributed by atoms with Crippen molar-refractivity contribution in [1.82, 2.24) is 9.97 Å². The van der Waals surface area contributed by atoms with E-state index in [-0.39, 0.29) is 11.7 Å². The number of methoxy groups -OCH3 is 1. The van der Waals surface area contributed by atoms with Crippen LogP contribution in [0.1, 0.15) is 21.5 Å². The summed E-state index contributed by atoms with van der Waals surface area (Å²) in [7, 11) is 1.55. The molecule has 0 aliphatic carbocycles. The molecule has 2 aromatic carbocycles. The lowest BCUT2D eigenvalue weighted by atomic mass is 10.2. The zero-order valence-corrected chi connectivity index (χ0v) is 15.0. The summed E-state index contributed by atoms with van der Waals surface area (Å²) < 4.78 is 18.2. The second kappa shape index (κ2) is 8.27. The fourth-order valence-electron chi connectivity index (χ4n) is 2.43. The van der Waals surface area contributed by atoms with Gasteiger partial charge in [-0.2, -0.15) is 0 Å². The molecule has 0 spiro atoms. The first kappa shape index (κ1) is 18.3. The molecule has 0 aliphatic heterocycles. The van der Waals surface area contributed by atoms with E-state index < -0.39 is 0 Å². The number of amides is 1. The number of rotatable bonds is 6. The van der Waals surface area contributed by atoms with Gasteiger partial charge in [-0.3, -0.25) is 4.79 Å². The van der Waals surface area contributed by atoms with Gasteiger partial charge in [-0.1, -0.05) is 18.2 Å². The number of aryl methyl sites for hydroxylation is 1. The number of aromatic nitrogens is 2. The van der Waals surface area contributed by atoms with E-state index in [1.54, 1.807) is 25.3 Å². The quantitative estimate of drug-likeness (QED) is 0.694. The number of carbonyl (C=O) groups is 1. The summed E-state index contributed by atoms with van der Waals surface area (Å²) in [6, 6.07) is 11.7. The van der Waals surface area contributed by atoms with E-state index in [0.717, 1.165) is 11.1 Å². The zero-order chi connectivity index (χ0) is 19.2. The average molecular weight is 366 g/mol. The normalized spacial score (nSPS) is 10.3. The predicted molar refractivity (Wildman–Crippen MR) is 101 cm³/mol. The van der Waals surface area contributed by atoms with Gasteiger partial charge in [-0.05, 0) is 42.3 Å². The van der Waals surface area contributed by atoms with Crippen LogP contribution in [0.25, 0.3) is 0 Å². The summed E-state index contributed by atoms with van der Waals surface area (Å²) >= 11 is 0. The van der Waals surface area contributed by atoms with Crippen LogP contribution in [0.15, 0.2) is 54.9 Å². The van der Waals surface area contributed by atoms with Crippen molar-refractivity contribution in [2.24, 2.45) is 0 Å². The van der Waals surface area contributed by atoms with Crippen LogP contribution >= 0.6 is 0 Å². The maximum Gasteiger partial charge on any atom is 0.258 e. The number of halogens is 1. The molecule has 0 unspecified atom stereocenters. The van der Waals surface area contributed by atoms with Gasteiger partial charge in [0.05, 0.1) is 18.4 Å². The van der Waals surface area contributed by atoms with Crippen molar-refractivity contribution in [3.8, 4) is 5.75 Å². The van der Waals surface area contributed by atoms with Crippen LogP contribution in [0.5, 0.6) is 5.75 Å². The predicted octanol–water partition coefficient (Wildman–Crippen LogP) is 3.80. The molecule has 1 amide bonds. The van der Waals surface area contributed by atoms with Gasteiger partial charge in [0.15, 0.2) is 0 Å². The van der Waals surface area contributed by atoms with Gasteiger partial charge >= 0.3 is 0 Å². The molecule has 3 rings (SSSR count). The zero-order valence-electron chi connectivity index (χ0n) is 15.0. The Bertz CT molecular complexity index is 928. The fraction of sp³-hybridized carbons (Fsp3) is 0.150. The van der Waals surface area contributed by atoms with E-state index in [4.69, 9.17) is 4.74 Å². The number of hydrogen-bond donors (Lipinski definition) is 2. The van der Waals surface area contributed by atoms with Crippen LogP contribution in [0, 0.1) is 12.7 Å². The number of anilines is 2. The number of carbonyl (C=O) groups excluding carboxylic acids is 1. The minimum absolute atomic E-state index is 0.282. The molecule has 2 N–H and O–H groups in total. The fourth-order valence-corrected chi connectivity index (χ4v) is 2.43. The summed E-state index contributed by atoms with van der Waals surface area (Å²) in [5.41, 5.74) is 2.81. The van der Waals surface area contributed by atoms with E-state index in [1.165, 1.54) is 24.5 Å². The second-order valence-electron chi connectivity index (χ2n) is 5.93. The highest BCUT2D eigenvalue weighted by Crippen LogP contribution is 2.25. The largest absolute Gasteiger partial charge is 0.495 e. The lowest BCUT2D eigenvalue weighted by molar-refractivity contribution is 0.102. The lowest BCUT2D eigenvalue weighted by Gasteiger charge is -2.11. The molecule has 0 saturated carbocycles. The van der Waals surface area contributed by atoms with Gasteiger partial charge in [-0.15, -0.1) is 0 Å². The smallest absolute Gasteiger partial charge is 0.258 e. The Morgan fingerprint density at radius 3 is 2.48 bits per heavy atom. The van der Waals surface area contributed by atoms with E-state index in [2.05, 4.69) is 20.6 Å². The molecule has 27 heavy (non-hydrogen) atoms. The Balaban J connectivity index is 1.63. The van der Waals surface area contributed by atoms with Crippen molar-refractivity contribution in [2.75, 3.05) is 17.7 Å². The number of nitrogens with one attached hydrogen (secondary N) is 2. The first-order chi connectivity index (χ1) is 13.0. The Labute approximate surface area is 156 Å². The third kappa shape index (κ3) is 4.78. The molecule has 1 heterocycles. The van der Waals surface area contributed by atoms with Crippen molar-refractivity contribution in [3.63, 3.8) is 0 Å². The van der Waals surface area contributed by atoms with E-state index >= 15 is 0 Å². The Hall–Kier alpha value is -3.48. The second-order valence-corrected chi connectivity index (χ2v) is 5.93. The SMILES string of the molecule is COc1ccc(C)cc1NC(=O)c1cnc(NCc2ccc(F)cc2)nc1. The molecular formula is C20H19FN4O2. The van der Waals surface area contributed by atoms with E-state index in [9.17, 15) is 9.18 Å². The molecular weight excluding hydrogens is 347 g/mol. The highest BCUT2D eigenvalue weighted by atomic mass is 19.1. The van der Waals surface area contributed by atoms with E-state index in [0.29, 0.717) is 29.5 Å².